The predicted molar refractivity (Wildman–Crippen MR) is 117 cm³/mol. The van der Waals surface area contributed by atoms with Crippen molar-refractivity contribution in [1.82, 2.24) is 9.47 Å². The zero-order chi connectivity index (χ0) is 20.5. The van der Waals surface area contributed by atoms with Crippen LogP contribution in [0.25, 0.3) is 0 Å². The minimum absolute atomic E-state index is 0.149. The first-order chi connectivity index (χ1) is 14.2. The number of hydrogen-bond acceptors (Lipinski definition) is 2. The third kappa shape index (κ3) is 6.06. The van der Waals surface area contributed by atoms with Crippen LogP contribution >= 0.6 is 0 Å². The van der Waals surface area contributed by atoms with Gasteiger partial charge in [-0.25, -0.2) is 0 Å². The molecule has 0 atom stereocenters. The number of ether oxygens (including phenoxy) is 1. The lowest BCUT2D eigenvalue weighted by Crippen LogP contribution is -2.34. The Morgan fingerprint density at radius 2 is 1.76 bits per heavy atom. The molecule has 0 aliphatic heterocycles. The molecule has 4 heteroatoms. The summed E-state index contributed by atoms with van der Waals surface area (Å²) in [4.78, 5) is 15.0. The van der Waals surface area contributed by atoms with Crippen LogP contribution in [0.15, 0.2) is 72.9 Å². The Hall–Kier alpha value is -2.85. The number of hydrogen-bond donors (Lipinski definition) is 0. The van der Waals surface area contributed by atoms with E-state index >= 15 is 0 Å². The van der Waals surface area contributed by atoms with Crippen molar-refractivity contribution >= 4 is 5.91 Å². The molecule has 0 fully saturated rings. The number of amides is 1. The Kier molecular flexibility index (Phi) is 7.65. The lowest BCUT2D eigenvalue weighted by molar-refractivity contribution is -0.131. The van der Waals surface area contributed by atoms with Gasteiger partial charge in [-0.1, -0.05) is 54.6 Å². The summed E-state index contributed by atoms with van der Waals surface area (Å²) in [6.07, 6.45) is 3.35. The molecule has 1 heterocycles. The van der Waals surface area contributed by atoms with Gasteiger partial charge in [-0.05, 0) is 42.2 Å². The number of nitrogens with zero attached hydrogens (tertiary/aromatic N) is 2. The highest BCUT2D eigenvalue weighted by Crippen LogP contribution is 2.15. The topological polar surface area (TPSA) is 34.5 Å². The Balaban J connectivity index is 1.73. The SMILES string of the molecule is COCCCN(Cc1cccn1Cc1ccccc1C)C(=O)Cc1ccccc1. The molecule has 0 N–H and O–H groups in total. The van der Waals surface area contributed by atoms with Crippen LogP contribution in [0.3, 0.4) is 0 Å². The highest BCUT2D eigenvalue weighted by Gasteiger charge is 2.16. The quantitative estimate of drug-likeness (QED) is 0.479. The molecule has 1 aromatic heterocycles. The summed E-state index contributed by atoms with van der Waals surface area (Å²) in [6.45, 7) is 4.90. The second-order valence-electron chi connectivity index (χ2n) is 7.38. The van der Waals surface area contributed by atoms with Crippen molar-refractivity contribution in [2.75, 3.05) is 20.3 Å². The van der Waals surface area contributed by atoms with E-state index in [0.717, 1.165) is 24.2 Å². The maximum absolute atomic E-state index is 13.0. The van der Waals surface area contributed by atoms with Gasteiger partial charge in [-0.2, -0.15) is 0 Å². The van der Waals surface area contributed by atoms with Gasteiger partial charge in [0.05, 0.1) is 13.0 Å². The summed E-state index contributed by atoms with van der Waals surface area (Å²) in [5, 5.41) is 0. The molecule has 3 aromatic rings. The van der Waals surface area contributed by atoms with Crippen molar-refractivity contribution in [2.24, 2.45) is 0 Å². The highest BCUT2D eigenvalue weighted by atomic mass is 16.5. The molecule has 0 saturated heterocycles. The number of methoxy groups -OCH3 is 1. The van der Waals surface area contributed by atoms with Crippen LogP contribution in [-0.4, -0.2) is 35.6 Å². The molecule has 4 nitrogen and oxygen atoms in total. The number of carbonyl (C=O) groups excluding carboxylic acids is 1. The van der Waals surface area contributed by atoms with Gasteiger partial charge in [0.1, 0.15) is 0 Å². The number of aryl methyl sites for hydroxylation is 1. The lowest BCUT2D eigenvalue weighted by Gasteiger charge is -2.24. The van der Waals surface area contributed by atoms with Gasteiger partial charge in [0.25, 0.3) is 0 Å². The first kappa shape index (κ1) is 20.9. The fraction of sp³-hybridized carbons (Fsp3) is 0.320. The van der Waals surface area contributed by atoms with Crippen molar-refractivity contribution in [1.29, 1.82) is 0 Å². The smallest absolute Gasteiger partial charge is 0.227 e. The predicted octanol–water partition coefficient (Wildman–Crippen LogP) is 4.45. The first-order valence-corrected chi connectivity index (χ1v) is 10.2. The molecule has 0 aliphatic carbocycles. The first-order valence-electron chi connectivity index (χ1n) is 10.2. The van der Waals surface area contributed by atoms with E-state index in [-0.39, 0.29) is 5.91 Å². The molecule has 0 radical (unpaired) electrons. The molecule has 2 aromatic carbocycles. The second kappa shape index (κ2) is 10.6. The van der Waals surface area contributed by atoms with Gasteiger partial charge in [0.15, 0.2) is 0 Å². The van der Waals surface area contributed by atoms with Gasteiger partial charge in [0.2, 0.25) is 5.91 Å². The zero-order valence-corrected chi connectivity index (χ0v) is 17.4. The maximum atomic E-state index is 13.0. The summed E-state index contributed by atoms with van der Waals surface area (Å²) < 4.78 is 7.44. The van der Waals surface area contributed by atoms with Crippen LogP contribution in [0, 0.1) is 6.92 Å². The fourth-order valence-corrected chi connectivity index (χ4v) is 3.49. The van der Waals surface area contributed by atoms with Crippen LogP contribution in [0.1, 0.15) is 28.8 Å². The largest absolute Gasteiger partial charge is 0.385 e. The molecule has 29 heavy (non-hydrogen) atoms. The summed E-state index contributed by atoms with van der Waals surface area (Å²) in [7, 11) is 1.70. The molecule has 0 aliphatic rings. The van der Waals surface area contributed by atoms with Crippen molar-refractivity contribution in [3.8, 4) is 0 Å². The van der Waals surface area contributed by atoms with Crippen LogP contribution in [0.2, 0.25) is 0 Å². The third-order valence-corrected chi connectivity index (χ3v) is 5.21. The van der Waals surface area contributed by atoms with Crippen molar-refractivity contribution in [3.63, 3.8) is 0 Å². The second-order valence-corrected chi connectivity index (χ2v) is 7.38. The fourth-order valence-electron chi connectivity index (χ4n) is 3.49. The third-order valence-electron chi connectivity index (χ3n) is 5.21. The van der Waals surface area contributed by atoms with Gasteiger partial charge >= 0.3 is 0 Å². The monoisotopic (exact) mass is 390 g/mol. The summed E-state index contributed by atoms with van der Waals surface area (Å²) >= 11 is 0. The molecule has 3 rings (SSSR count). The van der Waals surface area contributed by atoms with Crippen LogP contribution in [-0.2, 0) is 29.0 Å². The lowest BCUT2D eigenvalue weighted by atomic mass is 10.1. The Bertz CT molecular complexity index is 902. The Morgan fingerprint density at radius 1 is 1.00 bits per heavy atom. The Morgan fingerprint density at radius 3 is 2.52 bits per heavy atom. The van der Waals surface area contributed by atoms with E-state index in [1.165, 1.54) is 11.1 Å². The molecular weight excluding hydrogens is 360 g/mol. The summed E-state index contributed by atoms with van der Waals surface area (Å²) in [5.41, 5.74) is 4.77. The maximum Gasteiger partial charge on any atom is 0.227 e. The van der Waals surface area contributed by atoms with Crippen molar-refractivity contribution < 1.29 is 9.53 Å². The molecule has 0 saturated carbocycles. The molecule has 0 bridgehead atoms. The minimum Gasteiger partial charge on any atom is -0.385 e. The van der Waals surface area contributed by atoms with Crippen molar-refractivity contribution in [3.05, 3.63) is 95.3 Å². The molecular formula is C25H30N2O2. The van der Waals surface area contributed by atoms with E-state index in [1.54, 1.807) is 7.11 Å². The zero-order valence-electron chi connectivity index (χ0n) is 17.4. The van der Waals surface area contributed by atoms with Gasteiger partial charge in [-0.15, -0.1) is 0 Å². The van der Waals surface area contributed by atoms with E-state index in [2.05, 4.69) is 54.1 Å². The van der Waals surface area contributed by atoms with E-state index < -0.39 is 0 Å². The van der Waals surface area contributed by atoms with E-state index in [0.29, 0.717) is 26.1 Å². The minimum atomic E-state index is 0.149. The average molecular weight is 391 g/mol. The van der Waals surface area contributed by atoms with Crippen LogP contribution in [0.4, 0.5) is 0 Å². The molecule has 0 unspecified atom stereocenters. The number of benzene rings is 2. The van der Waals surface area contributed by atoms with E-state index in [9.17, 15) is 4.79 Å². The van der Waals surface area contributed by atoms with Crippen molar-refractivity contribution in [2.45, 2.75) is 32.9 Å². The van der Waals surface area contributed by atoms with Gasteiger partial charge < -0.3 is 14.2 Å². The van der Waals surface area contributed by atoms with E-state index in [1.807, 2.05) is 35.2 Å². The van der Waals surface area contributed by atoms with E-state index in [4.69, 9.17) is 4.74 Å². The summed E-state index contributed by atoms with van der Waals surface area (Å²) in [5.74, 6) is 0.149. The molecule has 0 spiro atoms. The molecule has 152 valence electrons. The van der Waals surface area contributed by atoms with Crippen LogP contribution < -0.4 is 0 Å². The Labute approximate surface area is 173 Å². The average Bonchev–Trinajstić information content (AvgIpc) is 3.16. The van der Waals surface area contributed by atoms with Crippen LogP contribution in [0.5, 0.6) is 0 Å². The number of carbonyl (C=O) groups is 1. The highest BCUT2D eigenvalue weighted by molar-refractivity contribution is 5.78. The molecule has 1 amide bonds. The normalized spacial score (nSPS) is 10.8. The summed E-state index contributed by atoms with van der Waals surface area (Å²) in [6, 6.07) is 22.5. The standard InChI is InChI=1S/C25H30N2O2/c1-21-10-6-7-13-23(21)19-26-15-8-14-24(26)20-27(16-9-17-29-2)25(28)18-22-11-4-3-5-12-22/h3-8,10-15H,9,16-20H2,1-2H3. The number of aromatic nitrogens is 1. The van der Waals surface area contributed by atoms with Gasteiger partial charge in [0, 0.05) is 38.7 Å². The van der Waals surface area contributed by atoms with Gasteiger partial charge in [-0.3, -0.25) is 4.79 Å². The number of rotatable bonds is 10.